The highest BCUT2D eigenvalue weighted by Crippen LogP contribution is 2.05. The first-order valence-corrected chi connectivity index (χ1v) is 7.37. The van der Waals surface area contributed by atoms with Crippen LogP contribution in [0.3, 0.4) is 0 Å². The third-order valence-electron chi connectivity index (χ3n) is 3.26. The highest BCUT2D eigenvalue weighted by Gasteiger charge is 2.05. The summed E-state index contributed by atoms with van der Waals surface area (Å²) in [6.45, 7) is 3.70. The normalized spacial score (nSPS) is 11.9. The molecule has 0 radical (unpaired) electrons. The van der Waals surface area contributed by atoms with Crippen LogP contribution in [0.25, 0.3) is 0 Å². The fourth-order valence-corrected chi connectivity index (χ4v) is 1.96. The van der Waals surface area contributed by atoms with Crippen molar-refractivity contribution in [2.45, 2.75) is 32.6 Å². The van der Waals surface area contributed by atoms with Crippen LogP contribution >= 0.6 is 0 Å². The minimum atomic E-state index is -0.477. The third-order valence-corrected chi connectivity index (χ3v) is 3.26. The van der Waals surface area contributed by atoms with E-state index in [9.17, 15) is 4.79 Å². The molecule has 1 aromatic carbocycles. The molecule has 0 spiro atoms. The third kappa shape index (κ3) is 5.27. The van der Waals surface area contributed by atoms with E-state index in [1.54, 1.807) is 13.1 Å². The lowest BCUT2D eigenvalue weighted by Gasteiger charge is -2.09. The summed E-state index contributed by atoms with van der Waals surface area (Å²) < 4.78 is 0. The van der Waals surface area contributed by atoms with Crippen molar-refractivity contribution in [3.05, 3.63) is 65.5 Å². The fourth-order valence-electron chi connectivity index (χ4n) is 1.96. The van der Waals surface area contributed by atoms with E-state index in [2.05, 4.69) is 27.8 Å². The van der Waals surface area contributed by atoms with Crippen molar-refractivity contribution in [2.75, 3.05) is 0 Å². The van der Waals surface area contributed by atoms with Gasteiger partial charge < -0.3 is 16.4 Å². The number of hydrogen-bond acceptors (Lipinski definition) is 4. The van der Waals surface area contributed by atoms with Crippen molar-refractivity contribution >= 4 is 5.91 Å². The van der Waals surface area contributed by atoms with Gasteiger partial charge in [0.2, 0.25) is 5.91 Å². The van der Waals surface area contributed by atoms with Gasteiger partial charge in [-0.1, -0.05) is 30.3 Å². The molecule has 2 rings (SSSR count). The maximum absolute atomic E-state index is 11.4. The number of nitrogens with one attached hydrogen (secondary N) is 2. The van der Waals surface area contributed by atoms with Crippen LogP contribution in [0.15, 0.2) is 48.7 Å². The lowest BCUT2D eigenvalue weighted by atomic mass is 10.1. The minimum Gasteiger partial charge on any atom is -0.351 e. The van der Waals surface area contributed by atoms with Crippen LogP contribution in [0.1, 0.15) is 23.7 Å². The van der Waals surface area contributed by atoms with Crippen LogP contribution in [-0.2, 0) is 24.4 Å². The Labute approximate surface area is 130 Å². The Hall–Kier alpha value is -2.24. The van der Waals surface area contributed by atoms with E-state index in [1.807, 2.05) is 30.3 Å². The summed E-state index contributed by atoms with van der Waals surface area (Å²) in [5.41, 5.74) is 8.78. The van der Waals surface area contributed by atoms with E-state index >= 15 is 0 Å². The second-order valence-electron chi connectivity index (χ2n) is 5.25. The predicted molar refractivity (Wildman–Crippen MR) is 86.7 cm³/mol. The van der Waals surface area contributed by atoms with Crippen molar-refractivity contribution in [3.63, 3.8) is 0 Å². The van der Waals surface area contributed by atoms with Gasteiger partial charge >= 0.3 is 0 Å². The Morgan fingerprint density at radius 2 is 1.77 bits per heavy atom. The van der Waals surface area contributed by atoms with Gasteiger partial charge in [-0.25, -0.2) is 0 Å². The molecule has 116 valence electrons. The number of aromatic nitrogens is 1. The first kappa shape index (κ1) is 16.1. The average molecular weight is 298 g/mol. The van der Waals surface area contributed by atoms with E-state index in [4.69, 9.17) is 5.73 Å². The van der Waals surface area contributed by atoms with Gasteiger partial charge in [-0.05, 0) is 30.2 Å². The first-order valence-electron chi connectivity index (χ1n) is 7.37. The zero-order valence-electron chi connectivity index (χ0n) is 12.8. The molecule has 5 nitrogen and oxygen atoms in total. The quantitative estimate of drug-likeness (QED) is 0.720. The Morgan fingerprint density at radius 3 is 2.36 bits per heavy atom. The molecule has 0 unspecified atom stereocenters. The lowest BCUT2D eigenvalue weighted by Crippen LogP contribution is -2.37. The molecule has 0 saturated carbocycles. The minimum absolute atomic E-state index is 0.138. The van der Waals surface area contributed by atoms with Crippen LogP contribution in [0.4, 0.5) is 0 Å². The summed E-state index contributed by atoms with van der Waals surface area (Å²) in [5, 5.41) is 6.15. The number of pyridine rings is 1. The van der Waals surface area contributed by atoms with E-state index in [0.29, 0.717) is 6.54 Å². The molecule has 4 N–H and O–H groups in total. The highest BCUT2D eigenvalue weighted by molar-refractivity contribution is 5.80. The van der Waals surface area contributed by atoms with Crippen LogP contribution in [0.5, 0.6) is 0 Å². The molecule has 1 amide bonds. The van der Waals surface area contributed by atoms with E-state index < -0.39 is 6.04 Å². The molecule has 0 aliphatic carbocycles. The van der Waals surface area contributed by atoms with Crippen molar-refractivity contribution in [3.8, 4) is 0 Å². The van der Waals surface area contributed by atoms with Gasteiger partial charge in [0.1, 0.15) is 0 Å². The van der Waals surface area contributed by atoms with E-state index in [1.165, 1.54) is 5.56 Å². The molecule has 1 aromatic heterocycles. The standard InChI is InChI=1S/C17H22N4O/c1-13(18)17(22)21-11-15-7-5-14(6-8-15)10-19-12-16-4-2-3-9-20-16/h2-9,13,19H,10-12,18H2,1H3,(H,21,22)/t13-/m0/s1. The summed E-state index contributed by atoms with van der Waals surface area (Å²) in [5.74, 6) is -0.138. The zero-order valence-corrected chi connectivity index (χ0v) is 12.8. The van der Waals surface area contributed by atoms with Gasteiger partial charge in [-0.3, -0.25) is 9.78 Å². The van der Waals surface area contributed by atoms with Gasteiger partial charge in [0, 0.05) is 25.8 Å². The van der Waals surface area contributed by atoms with E-state index in [0.717, 1.165) is 24.3 Å². The molecule has 0 fully saturated rings. The molecule has 1 atom stereocenters. The largest absolute Gasteiger partial charge is 0.351 e. The van der Waals surface area contributed by atoms with Gasteiger partial charge in [-0.15, -0.1) is 0 Å². The summed E-state index contributed by atoms with van der Waals surface area (Å²) >= 11 is 0. The molecule has 22 heavy (non-hydrogen) atoms. The number of amides is 1. The number of hydrogen-bond donors (Lipinski definition) is 3. The lowest BCUT2D eigenvalue weighted by molar-refractivity contribution is -0.122. The Morgan fingerprint density at radius 1 is 1.09 bits per heavy atom. The fraction of sp³-hybridized carbons (Fsp3) is 0.294. The number of rotatable bonds is 7. The Kier molecular flexibility index (Phi) is 6.06. The second-order valence-corrected chi connectivity index (χ2v) is 5.25. The summed E-state index contributed by atoms with van der Waals surface area (Å²) in [7, 11) is 0. The number of carbonyl (C=O) groups is 1. The molecule has 0 aliphatic heterocycles. The van der Waals surface area contributed by atoms with Crippen LogP contribution in [-0.4, -0.2) is 16.9 Å². The molecule has 2 aromatic rings. The summed E-state index contributed by atoms with van der Waals surface area (Å²) in [6.07, 6.45) is 1.79. The molecule has 0 saturated heterocycles. The summed E-state index contributed by atoms with van der Waals surface area (Å²) in [4.78, 5) is 15.7. The van der Waals surface area contributed by atoms with E-state index in [-0.39, 0.29) is 5.91 Å². The molecule has 0 aliphatic rings. The van der Waals surface area contributed by atoms with Gasteiger partial charge in [0.15, 0.2) is 0 Å². The Balaban J connectivity index is 1.76. The zero-order chi connectivity index (χ0) is 15.8. The van der Waals surface area contributed by atoms with Crippen LogP contribution < -0.4 is 16.4 Å². The monoisotopic (exact) mass is 298 g/mol. The molecule has 1 heterocycles. The Bertz CT molecular complexity index is 581. The topological polar surface area (TPSA) is 80.0 Å². The SMILES string of the molecule is C[C@H](N)C(=O)NCc1ccc(CNCc2ccccn2)cc1. The van der Waals surface area contributed by atoms with Gasteiger partial charge in [0.05, 0.1) is 11.7 Å². The number of carbonyl (C=O) groups excluding carboxylic acids is 1. The predicted octanol–water partition coefficient (Wildman–Crippen LogP) is 1.33. The second kappa shape index (κ2) is 8.26. The van der Waals surface area contributed by atoms with Crippen LogP contribution in [0.2, 0.25) is 0 Å². The van der Waals surface area contributed by atoms with Crippen molar-refractivity contribution in [2.24, 2.45) is 5.73 Å². The maximum Gasteiger partial charge on any atom is 0.236 e. The molecular weight excluding hydrogens is 276 g/mol. The van der Waals surface area contributed by atoms with Crippen molar-refractivity contribution < 1.29 is 4.79 Å². The smallest absolute Gasteiger partial charge is 0.236 e. The maximum atomic E-state index is 11.4. The number of benzene rings is 1. The summed E-state index contributed by atoms with van der Waals surface area (Å²) in [6, 6.07) is 13.5. The van der Waals surface area contributed by atoms with Crippen LogP contribution in [0, 0.1) is 0 Å². The average Bonchev–Trinajstić information content (AvgIpc) is 2.54. The number of nitrogens with two attached hydrogens (primary N) is 1. The van der Waals surface area contributed by atoms with Crippen molar-refractivity contribution in [1.82, 2.24) is 15.6 Å². The van der Waals surface area contributed by atoms with Crippen molar-refractivity contribution in [1.29, 1.82) is 0 Å². The van der Waals surface area contributed by atoms with Gasteiger partial charge in [0.25, 0.3) is 0 Å². The molecule has 0 bridgehead atoms. The molecular formula is C17H22N4O. The molecule has 5 heteroatoms. The first-order chi connectivity index (χ1) is 10.6. The van der Waals surface area contributed by atoms with Gasteiger partial charge in [-0.2, -0.15) is 0 Å². The number of nitrogens with zero attached hydrogens (tertiary/aromatic N) is 1. The highest BCUT2D eigenvalue weighted by atomic mass is 16.2.